The van der Waals surface area contributed by atoms with Crippen molar-refractivity contribution in [2.24, 2.45) is 5.92 Å². The predicted octanol–water partition coefficient (Wildman–Crippen LogP) is 3.61. The molecular formula is C20H26N2O3S. The first-order valence-electron chi connectivity index (χ1n) is 9.22. The summed E-state index contributed by atoms with van der Waals surface area (Å²) >= 11 is 5.32. The molecule has 0 amide bonds. The highest BCUT2D eigenvalue weighted by molar-refractivity contribution is 7.80. The molecule has 0 spiro atoms. The zero-order valence-corrected chi connectivity index (χ0v) is 16.3. The van der Waals surface area contributed by atoms with Crippen molar-refractivity contribution in [3.63, 3.8) is 0 Å². The normalized spacial score (nSPS) is 25.5. The van der Waals surface area contributed by atoms with Crippen LogP contribution in [-0.4, -0.2) is 23.8 Å². The molecule has 2 aliphatic rings. The van der Waals surface area contributed by atoms with Gasteiger partial charge in [-0.25, -0.2) is 4.79 Å². The second-order valence-corrected chi connectivity index (χ2v) is 7.30. The summed E-state index contributed by atoms with van der Waals surface area (Å²) < 4.78 is 11.6. The number of carbonyl (C=O) groups excluding carboxylic acids is 1. The average Bonchev–Trinajstić information content (AvgIpc) is 2.99. The van der Waals surface area contributed by atoms with Gasteiger partial charge in [0.15, 0.2) is 5.11 Å². The maximum Gasteiger partial charge on any atom is 0.338 e. The number of hydrogen-bond acceptors (Lipinski definition) is 4. The van der Waals surface area contributed by atoms with Crippen molar-refractivity contribution in [3.8, 4) is 5.75 Å². The molecule has 1 aromatic carbocycles. The van der Waals surface area contributed by atoms with Crippen LogP contribution in [0.1, 0.15) is 51.6 Å². The van der Waals surface area contributed by atoms with Crippen LogP contribution in [0.5, 0.6) is 5.75 Å². The predicted molar refractivity (Wildman–Crippen MR) is 105 cm³/mol. The number of esters is 1. The van der Waals surface area contributed by atoms with E-state index in [1.54, 1.807) is 0 Å². The summed E-state index contributed by atoms with van der Waals surface area (Å²) in [5.41, 5.74) is 2.16. The van der Waals surface area contributed by atoms with Crippen LogP contribution in [0.3, 0.4) is 0 Å². The summed E-state index contributed by atoms with van der Waals surface area (Å²) in [7, 11) is 0. The van der Waals surface area contributed by atoms with E-state index in [4.69, 9.17) is 21.7 Å². The third kappa shape index (κ3) is 3.85. The molecule has 1 aliphatic carbocycles. The molecule has 0 bridgehead atoms. The van der Waals surface area contributed by atoms with Crippen molar-refractivity contribution in [2.75, 3.05) is 6.61 Å². The van der Waals surface area contributed by atoms with Crippen molar-refractivity contribution >= 4 is 23.3 Å². The van der Waals surface area contributed by atoms with Crippen LogP contribution >= 0.6 is 12.2 Å². The van der Waals surface area contributed by atoms with Gasteiger partial charge in [-0.3, -0.25) is 0 Å². The molecule has 140 valence electrons. The molecule has 6 heteroatoms. The highest BCUT2D eigenvalue weighted by atomic mass is 32.1. The standard InChI is InChI=1S/C20H26N2O3S/c1-4-24-16-10-6-5-9-14(16)18-17(13(3)21-20(26)22-18)19(23)25-15-11-7-8-12(15)2/h5-6,9-10,12,15,18H,4,7-8,11H2,1-3H3,(H2,21,22,26)/t12-,15+,18-/m0/s1. The number of hydrogen-bond donors (Lipinski definition) is 2. The Kier molecular flexibility index (Phi) is 5.81. The van der Waals surface area contributed by atoms with Gasteiger partial charge in [0.25, 0.3) is 0 Å². The van der Waals surface area contributed by atoms with E-state index in [2.05, 4.69) is 17.6 Å². The third-order valence-electron chi connectivity index (χ3n) is 5.06. The van der Waals surface area contributed by atoms with Gasteiger partial charge in [0, 0.05) is 11.3 Å². The highest BCUT2D eigenvalue weighted by Crippen LogP contribution is 2.35. The summed E-state index contributed by atoms with van der Waals surface area (Å²) in [6, 6.07) is 7.32. The fourth-order valence-electron chi connectivity index (χ4n) is 3.69. The lowest BCUT2D eigenvalue weighted by Gasteiger charge is -2.31. The van der Waals surface area contributed by atoms with Gasteiger partial charge in [-0.15, -0.1) is 0 Å². The summed E-state index contributed by atoms with van der Waals surface area (Å²) in [4.78, 5) is 13.0. The summed E-state index contributed by atoms with van der Waals surface area (Å²) in [5, 5.41) is 6.76. The largest absolute Gasteiger partial charge is 0.494 e. The van der Waals surface area contributed by atoms with Gasteiger partial charge in [0.2, 0.25) is 0 Å². The molecule has 1 aliphatic heterocycles. The zero-order chi connectivity index (χ0) is 18.7. The first-order valence-corrected chi connectivity index (χ1v) is 9.63. The van der Waals surface area contributed by atoms with Crippen LogP contribution in [0.2, 0.25) is 0 Å². The first-order chi connectivity index (χ1) is 12.5. The van der Waals surface area contributed by atoms with Gasteiger partial charge in [0.1, 0.15) is 11.9 Å². The minimum absolute atomic E-state index is 0.0144. The van der Waals surface area contributed by atoms with E-state index in [0.717, 1.165) is 36.3 Å². The Morgan fingerprint density at radius 2 is 2.08 bits per heavy atom. The number of nitrogens with one attached hydrogen (secondary N) is 2. The number of allylic oxidation sites excluding steroid dienone is 1. The lowest BCUT2D eigenvalue weighted by atomic mass is 9.94. The summed E-state index contributed by atoms with van der Waals surface area (Å²) in [6.45, 7) is 6.49. The number of carbonyl (C=O) groups is 1. The average molecular weight is 375 g/mol. The maximum atomic E-state index is 13.0. The number of thiocarbonyl (C=S) groups is 1. The van der Waals surface area contributed by atoms with Crippen LogP contribution in [0.15, 0.2) is 35.5 Å². The maximum absolute atomic E-state index is 13.0. The first kappa shape index (κ1) is 18.7. The lowest BCUT2D eigenvalue weighted by molar-refractivity contribution is -0.146. The topological polar surface area (TPSA) is 59.6 Å². The van der Waals surface area contributed by atoms with E-state index >= 15 is 0 Å². The molecule has 0 aromatic heterocycles. The van der Waals surface area contributed by atoms with E-state index in [1.807, 2.05) is 38.1 Å². The Morgan fingerprint density at radius 1 is 1.31 bits per heavy atom. The number of benzene rings is 1. The van der Waals surface area contributed by atoms with Gasteiger partial charge < -0.3 is 20.1 Å². The Hall–Kier alpha value is -2.08. The van der Waals surface area contributed by atoms with Gasteiger partial charge in [-0.1, -0.05) is 25.1 Å². The second kappa shape index (κ2) is 8.08. The molecule has 1 fully saturated rings. The van der Waals surface area contributed by atoms with Crippen LogP contribution in [0.25, 0.3) is 0 Å². The van der Waals surface area contributed by atoms with E-state index in [-0.39, 0.29) is 12.1 Å². The monoisotopic (exact) mass is 374 g/mol. The number of rotatable bonds is 5. The molecule has 0 radical (unpaired) electrons. The van der Waals surface area contributed by atoms with Crippen molar-refractivity contribution in [1.82, 2.24) is 10.6 Å². The quantitative estimate of drug-likeness (QED) is 0.606. The van der Waals surface area contributed by atoms with Crippen molar-refractivity contribution < 1.29 is 14.3 Å². The molecule has 1 aromatic rings. The molecule has 1 saturated carbocycles. The Labute approximate surface area is 160 Å². The third-order valence-corrected chi connectivity index (χ3v) is 5.28. The van der Waals surface area contributed by atoms with Crippen LogP contribution in [0, 0.1) is 5.92 Å². The summed E-state index contributed by atoms with van der Waals surface area (Å²) in [5.74, 6) is 0.851. The van der Waals surface area contributed by atoms with E-state index in [9.17, 15) is 4.79 Å². The smallest absolute Gasteiger partial charge is 0.338 e. The van der Waals surface area contributed by atoms with Crippen molar-refractivity contribution in [2.45, 2.75) is 52.2 Å². The Balaban J connectivity index is 1.93. The molecular weight excluding hydrogens is 348 g/mol. The van der Waals surface area contributed by atoms with E-state index in [0.29, 0.717) is 23.2 Å². The summed E-state index contributed by atoms with van der Waals surface area (Å²) in [6.07, 6.45) is 3.12. The SMILES string of the molecule is CCOc1ccccc1[C@@H]1NC(=S)NC(C)=C1C(=O)O[C@@H]1CCC[C@@H]1C. The second-order valence-electron chi connectivity index (χ2n) is 6.89. The highest BCUT2D eigenvalue weighted by Gasteiger charge is 2.35. The van der Waals surface area contributed by atoms with Crippen molar-refractivity contribution in [1.29, 1.82) is 0 Å². The van der Waals surface area contributed by atoms with Crippen LogP contribution in [0.4, 0.5) is 0 Å². The number of ether oxygens (including phenoxy) is 2. The fourth-order valence-corrected chi connectivity index (χ4v) is 3.96. The van der Waals surface area contributed by atoms with Crippen LogP contribution in [-0.2, 0) is 9.53 Å². The van der Waals surface area contributed by atoms with Gasteiger partial charge >= 0.3 is 5.97 Å². The molecule has 3 rings (SSSR count). The molecule has 0 unspecified atom stereocenters. The molecule has 2 N–H and O–H groups in total. The van der Waals surface area contributed by atoms with E-state index < -0.39 is 6.04 Å². The van der Waals surface area contributed by atoms with E-state index in [1.165, 1.54) is 0 Å². The molecule has 1 heterocycles. The molecule has 26 heavy (non-hydrogen) atoms. The minimum atomic E-state index is -0.393. The molecule has 3 atom stereocenters. The molecule has 5 nitrogen and oxygen atoms in total. The lowest BCUT2D eigenvalue weighted by Crippen LogP contribution is -2.45. The van der Waals surface area contributed by atoms with Gasteiger partial charge in [-0.2, -0.15) is 0 Å². The van der Waals surface area contributed by atoms with Crippen LogP contribution < -0.4 is 15.4 Å². The fraction of sp³-hybridized carbons (Fsp3) is 0.500. The Bertz CT molecular complexity index is 732. The minimum Gasteiger partial charge on any atom is -0.494 e. The number of para-hydroxylation sites is 1. The zero-order valence-electron chi connectivity index (χ0n) is 15.5. The Morgan fingerprint density at radius 3 is 2.77 bits per heavy atom. The van der Waals surface area contributed by atoms with Crippen molar-refractivity contribution in [3.05, 3.63) is 41.1 Å². The van der Waals surface area contributed by atoms with Gasteiger partial charge in [0.05, 0.1) is 18.2 Å². The van der Waals surface area contributed by atoms with Gasteiger partial charge in [-0.05, 0) is 57.3 Å². The molecule has 0 saturated heterocycles.